The number of nitrogens with zero attached hydrogens (tertiary/aromatic N) is 4. The lowest BCUT2D eigenvalue weighted by Gasteiger charge is -2.30. The number of rotatable bonds is 37. The first-order valence-electron chi connectivity index (χ1n) is 24.0. The van der Waals surface area contributed by atoms with Crippen molar-refractivity contribution in [1.82, 2.24) is 30.2 Å². The number of aliphatic hydroxyl groups is 2. The number of carbonyl (C=O) groups is 3. The highest BCUT2D eigenvalue weighted by Crippen LogP contribution is 2.61. The van der Waals surface area contributed by atoms with Gasteiger partial charge in [0.15, 0.2) is 22.8 Å². The summed E-state index contributed by atoms with van der Waals surface area (Å²) in [6, 6.07) is 0. The number of hydrogen-bond acceptors (Lipinski definition) is 18. The summed E-state index contributed by atoms with van der Waals surface area (Å²) in [5, 5.41) is 26.7. The molecule has 1 aliphatic heterocycles. The largest absolute Gasteiger partial charge is 0.481 e. The molecule has 3 rings (SSSR count). The summed E-state index contributed by atoms with van der Waals surface area (Å²) in [5.41, 5.74) is 4.29. The molecule has 0 aliphatic carbocycles. The van der Waals surface area contributed by atoms with Crippen LogP contribution >= 0.6 is 35.2 Å². The van der Waals surface area contributed by atoms with Crippen LogP contribution in [0.15, 0.2) is 12.7 Å². The number of nitrogens with two attached hydrogens (primary N) is 1. The van der Waals surface area contributed by atoms with Gasteiger partial charge in [-0.05, 0) is 5.92 Å². The van der Waals surface area contributed by atoms with Gasteiger partial charge in [-0.1, -0.05) is 142 Å². The number of nitrogens with one attached hydrogen (secondary N) is 2. The third kappa shape index (κ3) is 23.2. The molecule has 0 spiro atoms. The minimum Gasteiger partial charge on any atom is -0.386 e. The van der Waals surface area contributed by atoms with Gasteiger partial charge in [-0.25, -0.2) is 28.6 Å². The van der Waals surface area contributed by atoms with Crippen LogP contribution in [0, 0.1) is 11.3 Å². The molecule has 28 heteroatoms. The van der Waals surface area contributed by atoms with Crippen molar-refractivity contribution in [1.29, 1.82) is 0 Å². The zero-order chi connectivity index (χ0) is 52.0. The van der Waals surface area contributed by atoms with Crippen molar-refractivity contribution in [2.24, 2.45) is 11.3 Å². The molecular weight excluding hydrogens is 999 g/mol. The third-order valence-electron chi connectivity index (χ3n) is 11.6. The van der Waals surface area contributed by atoms with E-state index in [0.29, 0.717) is 12.2 Å². The summed E-state index contributed by atoms with van der Waals surface area (Å²) >= 11 is 1.16. The van der Waals surface area contributed by atoms with Crippen LogP contribution in [0.25, 0.3) is 11.2 Å². The van der Waals surface area contributed by atoms with Gasteiger partial charge in [0.2, 0.25) is 11.8 Å². The van der Waals surface area contributed by atoms with Crippen LogP contribution in [-0.2, 0) is 50.7 Å². The maximum Gasteiger partial charge on any atom is 0.481 e. The van der Waals surface area contributed by atoms with Crippen molar-refractivity contribution >= 4 is 69.1 Å². The van der Waals surface area contributed by atoms with Gasteiger partial charge in [0, 0.05) is 37.1 Å². The Balaban J connectivity index is 1.28. The Bertz CT molecular complexity index is 2070. The van der Waals surface area contributed by atoms with Gasteiger partial charge >= 0.3 is 23.5 Å². The first-order valence-corrected chi connectivity index (χ1v) is 29.5. The highest BCUT2D eigenvalue weighted by atomic mass is 32.2. The minimum atomic E-state index is -5.58. The number of fused-ring (bicyclic) bond motifs is 1. The molecule has 402 valence electrons. The number of amides is 2. The molecule has 1 aliphatic rings. The quantitative estimate of drug-likeness (QED) is 0.0279. The number of phosphoric acid groups is 3. The second kappa shape index (κ2) is 30.7. The second-order valence-electron chi connectivity index (χ2n) is 18.3. The fourth-order valence-corrected chi connectivity index (χ4v) is 11.3. The van der Waals surface area contributed by atoms with Gasteiger partial charge in [0.05, 0.1) is 19.5 Å². The van der Waals surface area contributed by atoms with Crippen molar-refractivity contribution in [2.75, 3.05) is 37.8 Å². The highest BCUT2D eigenvalue weighted by Gasteiger charge is 2.50. The molecule has 1 saturated heterocycles. The third-order valence-corrected chi connectivity index (χ3v) is 15.6. The Morgan fingerprint density at radius 1 is 0.871 bits per heavy atom. The second-order valence-corrected chi connectivity index (χ2v) is 23.7. The number of nitrogen functional groups attached to an aromatic ring is 1. The number of aromatic nitrogens is 4. The summed E-state index contributed by atoms with van der Waals surface area (Å²) < 4.78 is 62.5. The Morgan fingerprint density at radius 2 is 1.46 bits per heavy atom. The van der Waals surface area contributed by atoms with Crippen LogP contribution in [0.4, 0.5) is 5.82 Å². The van der Waals surface area contributed by atoms with Gasteiger partial charge in [-0.2, -0.15) is 4.31 Å². The fraction of sp³-hybridized carbons (Fsp3) is 0.810. The number of imidazole rings is 1. The van der Waals surface area contributed by atoms with Gasteiger partial charge in [-0.3, -0.25) is 32.5 Å². The molecule has 10 N–H and O–H groups in total. The Kier molecular flexibility index (Phi) is 27.1. The molecule has 0 bridgehead atoms. The van der Waals surface area contributed by atoms with Crippen LogP contribution in [-0.4, -0.2) is 123 Å². The van der Waals surface area contributed by atoms with Crippen LogP contribution in [0.2, 0.25) is 0 Å². The van der Waals surface area contributed by atoms with Crippen molar-refractivity contribution in [3.8, 4) is 0 Å². The smallest absolute Gasteiger partial charge is 0.386 e. The lowest BCUT2D eigenvalue weighted by Crippen LogP contribution is -2.46. The highest BCUT2D eigenvalue weighted by molar-refractivity contribution is 8.13. The van der Waals surface area contributed by atoms with E-state index in [2.05, 4.69) is 48.3 Å². The molecule has 2 aromatic rings. The first kappa shape index (κ1) is 61.9. The van der Waals surface area contributed by atoms with E-state index in [1.165, 1.54) is 104 Å². The molecular formula is C42H76N7O17P3S. The normalized spacial score (nSPS) is 20.2. The van der Waals surface area contributed by atoms with Crippen LogP contribution in [0.5, 0.6) is 0 Å². The van der Waals surface area contributed by atoms with Crippen LogP contribution in [0.3, 0.4) is 0 Å². The molecule has 8 unspecified atom stereocenters. The minimum absolute atomic E-state index is 0.0340. The Hall–Kier alpha value is -2.44. The molecule has 2 amide bonds. The predicted octanol–water partition coefficient (Wildman–Crippen LogP) is 5.95. The van der Waals surface area contributed by atoms with Gasteiger partial charge in [0.25, 0.3) is 0 Å². The Labute approximate surface area is 414 Å². The first-order chi connectivity index (χ1) is 32.9. The number of hydrogen-bond donors (Lipinski definition) is 9. The van der Waals surface area contributed by atoms with Gasteiger partial charge in [-0.15, -0.1) is 0 Å². The van der Waals surface area contributed by atoms with Crippen molar-refractivity contribution < 1.29 is 80.5 Å². The topological polar surface area (TPSA) is 364 Å². The van der Waals surface area contributed by atoms with E-state index in [-0.39, 0.29) is 47.5 Å². The summed E-state index contributed by atoms with van der Waals surface area (Å²) in [5.74, 6) is -0.737. The molecule has 2 aromatic heterocycles. The average molecular weight is 1080 g/mol. The molecule has 24 nitrogen and oxygen atoms in total. The maximum atomic E-state index is 12.8. The van der Waals surface area contributed by atoms with Crippen molar-refractivity contribution in [3.05, 3.63) is 12.7 Å². The molecule has 0 radical (unpaired) electrons. The summed E-state index contributed by atoms with van der Waals surface area (Å²) in [4.78, 5) is 88.8. The molecule has 1 fully saturated rings. The number of ether oxygens (including phenoxy) is 1. The van der Waals surface area contributed by atoms with E-state index in [1.54, 1.807) is 0 Å². The lowest BCUT2D eigenvalue weighted by molar-refractivity contribution is -0.137. The number of aliphatic hydroxyl groups excluding tert-OH is 2. The molecule has 8 atom stereocenters. The number of thioether (sulfide) groups is 1. The predicted molar refractivity (Wildman–Crippen MR) is 260 cm³/mol. The van der Waals surface area contributed by atoms with Crippen LogP contribution in [0.1, 0.15) is 149 Å². The summed E-state index contributed by atoms with van der Waals surface area (Å²) in [6.45, 7) is 4.91. The maximum absolute atomic E-state index is 12.8. The van der Waals surface area contributed by atoms with Gasteiger partial charge < -0.3 is 50.9 Å². The molecule has 0 saturated carbocycles. The standard InChI is InChI=1S/C42H76N7O17P3S/c1-5-6-7-8-9-10-11-12-13-14-15-16-17-18-19-20-30(2)25-33(51)70-24-23-44-32(50)21-22-45-40(54)37(53)42(3,4)27-63-69(60,61)66-68(58,59)62-26-31-36(65-67(55,56)57)35(52)41(64-31)49-29-48-34-38(43)46-28-47-39(34)49/h28-31,35-37,41,52-53H,5-27H2,1-4H3,(H,44,50)(H,45,54)(H,58,59)(H,60,61)(H2,43,46,47)(H2,55,56,57). The van der Waals surface area contributed by atoms with Gasteiger partial charge in [0.1, 0.15) is 36.3 Å². The zero-order valence-electron chi connectivity index (χ0n) is 40.7. The number of anilines is 1. The number of carbonyl (C=O) groups excluding carboxylic acids is 3. The van der Waals surface area contributed by atoms with E-state index in [4.69, 9.17) is 19.5 Å². The molecule has 0 aromatic carbocycles. The molecule has 70 heavy (non-hydrogen) atoms. The van der Waals surface area contributed by atoms with E-state index in [1.807, 2.05) is 0 Å². The van der Waals surface area contributed by atoms with E-state index in [0.717, 1.165) is 41.8 Å². The number of phosphoric ester groups is 3. The fourth-order valence-electron chi connectivity index (χ4n) is 7.60. The lowest BCUT2D eigenvalue weighted by atomic mass is 9.87. The van der Waals surface area contributed by atoms with Crippen LogP contribution < -0.4 is 16.4 Å². The average Bonchev–Trinajstić information content (AvgIpc) is 3.84. The van der Waals surface area contributed by atoms with Crippen molar-refractivity contribution in [3.63, 3.8) is 0 Å². The van der Waals surface area contributed by atoms with Crippen molar-refractivity contribution in [2.45, 2.75) is 174 Å². The number of unbranched alkanes of at least 4 members (excludes halogenated alkanes) is 14. The van der Waals surface area contributed by atoms with E-state index >= 15 is 0 Å². The summed E-state index contributed by atoms with van der Waals surface area (Å²) in [7, 11) is -16.4. The SMILES string of the molecule is CCCCCCCCCCCCCCCCCC(C)CC(=O)SCCNC(=O)CCNC(=O)C(O)C(C)(C)COP(=O)(O)OP(=O)(O)OCC1OC(n2cnc3c(N)ncnc32)C(O)C1OP(=O)(O)O. The monoisotopic (exact) mass is 1080 g/mol. The van der Waals surface area contributed by atoms with E-state index < -0.39 is 84.6 Å². The molecule has 3 heterocycles. The Morgan fingerprint density at radius 3 is 2.06 bits per heavy atom. The zero-order valence-corrected chi connectivity index (χ0v) is 44.2. The van der Waals surface area contributed by atoms with E-state index in [9.17, 15) is 57.9 Å². The summed E-state index contributed by atoms with van der Waals surface area (Å²) in [6.07, 6.45) is 14.2.